The predicted molar refractivity (Wildman–Crippen MR) is 74.5 cm³/mol. The third kappa shape index (κ3) is 2.03. The summed E-state index contributed by atoms with van der Waals surface area (Å²) < 4.78 is 0. The number of nitrogens with zero attached hydrogens (tertiary/aromatic N) is 1. The van der Waals surface area contributed by atoms with Gasteiger partial charge in [-0.2, -0.15) is 0 Å². The number of aromatic amines is 1. The lowest BCUT2D eigenvalue weighted by Gasteiger charge is -2.01. The molecule has 18 heavy (non-hydrogen) atoms. The molecule has 0 radical (unpaired) electrons. The molecule has 0 saturated heterocycles. The van der Waals surface area contributed by atoms with Crippen LogP contribution in [0.1, 0.15) is 0 Å². The summed E-state index contributed by atoms with van der Waals surface area (Å²) in [5.74, 6) is 0. The van der Waals surface area contributed by atoms with Gasteiger partial charge in [0.2, 0.25) is 0 Å². The summed E-state index contributed by atoms with van der Waals surface area (Å²) in [6.45, 7) is 0. The number of pyridine rings is 1. The first-order valence-electron chi connectivity index (χ1n) is 5.69. The molecule has 2 aromatic heterocycles. The van der Waals surface area contributed by atoms with Crippen LogP contribution in [-0.4, -0.2) is 9.97 Å². The normalized spacial score (nSPS) is 10.5. The fourth-order valence-electron chi connectivity index (χ4n) is 1.92. The summed E-state index contributed by atoms with van der Waals surface area (Å²) in [6, 6.07) is 15.8. The van der Waals surface area contributed by atoms with Crippen LogP contribution in [0, 0.1) is 0 Å². The molecule has 3 aromatic rings. The zero-order valence-electron chi connectivity index (χ0n) is 9.60. The number of benzene rings is 1. The summed E-state index contributed by atoms with van der Waals surface area (Å²) in [5.41, 5.74) is 4.13. The van der Waals surface area contributed by atoms with Crippen LogP contribution in [0.5, 0.6) is 0 Å². The Morgan fingerprint density at radius 3 is 2.50 bits per heavy atom. The Morgan fingerprint density at radius 2 is 1.72 bits per heavy atom. The third-order valence-electron chi connectivity index (χ3n) is 2.82. The molecule has 0 unspecified atom stereocenters. The summed E-state index contributed by atoms with van der Waals surface area (Å²) in [4.78, 5) is 7.48. The number of hydrogen-bond acceptors (Lipinski definition) is 1. The fourth-order valence-corrected chi connectivity index (χ4v) is 2.16. The average Bonchev–Trinajstić information content (AvgIpc) is 2.90. The summed E-state index contributed by atoms with van der Waals surface area (Å²) in [5, 5.41) is 0.747. The molecule has 1 N–H and O–H groups in total. The molecule has 3 heteroatoms. The second kappa shape index (κ2) is 4.67. The molecule has 88 valence electrons. The minimum absolute atomic E-state index is 0.747. The maximum Gasteiger partial charge on any atom is 0.0499 e. The predicted octanol–water partition coefficient (Wildman–Crippen LogP) is 4.40. The maximum atomic E-state index is 6.18. The number of hydrogen-bond donors (Lipinski definition) is 1. The van der Waals surface area contributed by atoms with Crippen LogP contribution in [0.2, 0.25) is 5.02 Å². The van der Waals surface area contributed by atoms with E-state index in [1.165, 1.54) is 0 Å². The summed E-state index contributed by atoms with van der Waals surface area (Å²) >= 11 is 6.18. The van der Waals surface area contributed by atoms with Gasteiger partial charge in [0.25, 0.3) is 0 Å². The summed E-state index contributed by atoms with van der Waals surface area (Å²) in [6.07, 6.45) is 3.60. The van der Waals surface area contributed by atoms with Gasteiger partial charge in [-0.05, 0) is 30.3 Å². The standard InChI is InChI=1S/C15H11ClN2/c16-13-6-2-1-5-12(13)15-8-7-14(18-15)11-4-3-9-17-10-11/h1-10,18H. The van der Waals surface area contributed by atoms with E-state index < -0.39 is 0 Å². The SMILES string of the molecule is Clc1ccccc1-c1ccc(-c2cccnc2)[nH]1. The smallest absolute Gasteiger partial charge is 0.0499 e. The van der Waals surface area contributed by atoms with Gasteiger partial charge in [-0.1, -0.05) is 29.8 Å². The molecule has 0 bridgehead atoms. The molecular weight excluding hydrogens is 244 g/mol. The zero-order chi connectivity index (χ0) is 12.4. The minimum atomic E-state index is 0.747. The van der Waals surface area contributed by atoms with Crippen LogP contribution >= 0.6 is 11.6 Å². The summed E-state index contributed by atoms with van der Waals surface area (Å²) in [7, 11) is 0. The minimum Gasteiger partial charge on any atom is -0.354 e. The van der Waals surface area contributed by atoms with Crippen LogP contribution in [-0.2, 0) is 0 Å². The van der Waals surface area contributed by atoms with Gasteiger partial charge in [0, 0.05) is 39.9 Å². The molecule has 2 heterocycles. The van der Waals surface area contributed by atoms with Gasteiger partial charge in [-0.3, -0.25) is 4.98 Å². The molecule has 0 spiro atoms. The van der Waals surface area contributed by atoms with E-state index in [-0.39, 0.29) is 0 Å². The van der Waals surface area contributed by atoms with E-state index >= 15 is 0 Å². The van der Waals surface area contributed by atoms with Gasteiger partial charge in [0.05, 0.1) is 0 Å². The van der Waals surface area contributed by atoms with E-state index in [4.69, 9.17) is 11.6 Å². The first kappa shape index (κ1) is 11.1. The van der Waals surface area contributed by atoms with E-state index in [0.717, 1.165) is 27.5 Å². The number of rotatable bonds is 2. The van der Waals surface area contributed by atoms with Gasteiger partial charge in [-0.15, -0.1) is 0 Å². The second-order valence-corrected chi connectivity index (χ2v) is 4.41. The van der Waals surface area contributed by atoms with Crippen molar-refractivity contribution in [3.05, 3.63) is 65.9 Å². The van der Waals surface area contributed by atoms with Crippen molar-refractivity contribution in [3.63, 3.8) is 0 Å². The van der Waals surface area contributed by atoms with E-state index in [0.29, 0.717) is 0 Å². The van der Waals surface area contributed by atoms with Crippen LogP contribution in [0.15, 0.2) is 60.9 Å². The Labute approximate surface area is 110 Å². The average molecular weight is 255 g/mol. The zero-order valence-corrected chi connectivity index (χ0v) is 10.4. The quantitative estimate of drug-likeness (QED) is 0.722. The second-order valence-electron chi connectivity index (χ2n) is 4.01. The molecule has 0 aliphatic rings. The van der Waals surface area contributed by atoms with Gasteiger partial charge in [-0.25, -0.2) is 0 Å². The highest BCUT2D eigenvalue weighted by Gasteiger charge is 2.06. The topological polar surface area (TPSA) is 28.7 Å². The first-order chi connectivity index (χ1) is 8.84. The Kier molecular flexibility index (Phi) is 2.87. The first-order valence-corrected chi connectivity index (χ1v) is 6.07. The van der Waals surface area contributed by atoms with E-state index in [1.807, 2.05) is 54.7 Å². The Balaban J connectivity index is 2.03. The highest BCUT2D eigenvalue weighted by molar-refractivity contribution is 6.33. The molecule has 0 aliphatic carbocycles. The number of nitrogens with one attached hydrogen (secondary N) is 1. The largest absolute Gasteiger partial charge is 0.354 e. The molecule has 2 nitrogen and oxygen atoms in total. The maximum absolute atomic E-state index is 6.18. The van der Waals surface area contributed by atoms with Crippen molar-refractivity contribution < 1.29 is 0 Å². The van der Waals surface area contributed by atoms with E-state index in [9.17, 15) is 0 Å². The van der Waals surface area contributed by atoms with E-state index in [1.54, 1.807) is 6.20 Å². The van der Waals surface area contributed by atoms with Gasteiger partial charge >= 0.3 is 0 Å². The van der Waals surface area contributed by atoms with Crippen molar-refractivity contribution in [1.29, 1.82) is 0 Å². The van der Waals surface area contributed by atoms with Crippen LogP contribution in [0.4, 0.5) is 0 Å². The molecule has 0 aliphatic heterocycles. The number of H-pyrrole nitrogens is 1. The van der Waals surface area contributed by atoms with E-state index in [2.05, 4.69) is 9.97 Å². The van der Waals surface area contributed by atoms with Gasteiger partial charge in [0.1, 0.15) is 0 Å². The highest BCUT2D eigenvalue weighted by atomic mass is 35.5. The Bertz CT molecular complexity index is 659. The highest BCUT2D eigenvalue weighted by Crippen LogP contribution is 2.29. The van der Waals surface area contributed by atoms with Crippen LogP contribution < -0.4 is 0 Å². The molecule has 0 fully saturated rings. The molecule has 1 aromatic carbocycles. The Hall–Kier alpha value is -2.06. The molecule has 0 amide bonds. The monoisotopic (exact) mass is 254 g/mol. The van der Waals surface area contributed by atoms with Crippen molar-refractivity contribution >= 4 is 11.6 Å². The van der Waals surface area contributed by atoms with Crippen molar-refractivity contribution in [1.82, 2.24) is 9.97 Å². The number of halogens is 1. The fraction of sp³-hybridized carbons (Fsp3) is 0. The van der Waals surface area contributed by atoms with Crippen molar-refractivity contribution in [2.24, 2.45) is 0 Å². The van der Waals surface area contributed by atoms with Crippen molar-refractivity contribution in [2.75, 3.05) is 0 Å². The van der Waals surface area contributed by atoms with Crippen LogP contribution in [0.25, 0.3) is 22.5 Å². The number of aromatic nitrogens is 2. The van der Waals surface area contributed by atoms with Crippen LogP contribution in [0.3, 0.4) is 0 Å². The third-order valence-corrected chi connectivity index (χ3v) is 3.15. The van der Waals surface area contributed by atoms with Gasteiger partial charge < -0.3 is 4.98 Å². The molecule has 0 atom stereocenters. The lowest BCUT2D eigenvalue weighted by atomic mass is 10.2. The van der Waals surface area contributed by atoms with Gasteiger partial charge in [0.15, 0.2) is 0 Å². The molecule has 0 saturated carbocycles. The lowest BCUT2D eigenvalue weighted by Crippen LogP contribution is -1.81. The van der Waals surface area contributed by atoms with Crippen molar-refractivity contribution in [3.8, 4) is 22.5 Å². The van der Waals surface area contributed by atoms with Crippen molar-refractivity contribution in [2.45, 2.75) is 0 Å². The molecule has 3 rings (SSSR count). The Morgan fingerprint density at radius 1 is 0.889 bits per heavy atom. The molecular formula is C15H11ClN2. The lowest BCUT2D eigenvalue weighted by molar-refractivity contribution is 1.31.